The van der Waals surface area contributed by atoms with Gasteiger partial charge in [-0.15, -0.1) is 0 Å². The molecule has 48 heavy (non-hydrogen) atoms. The molecule has 0 saturated carbocycles. The van der Waals surface area contributed by atoms with Crippen molar-refractivity contribution in [1.82, 2.24) is 10.2 Å². The van der Waals surface area contributed by atoms with E-state index in [-0.39, 0.29) is 28.6 Å². The zero-order chi connectivity index (χ0) is 34.5. The molecule has 1 aliphatic heterocycles. The van der Waals surface area contributed by atoms with Gasteiger partial charge in [-0.2, -0.15) is 0 Å². The monoisotopic (exact) mass is 709 g/mol. The predicted molar refractivity (Wildman–Crippen MR) is 187 cm³/mol. The van der Waals surface area contributed by atoms with Crippen molar-refractivity contribution in [2.24, 2.45) is 0 Å². The molecule has 1 atom stereocenters. The fourth-order valence-corrected chi connectivity index (χ4v) is 7.02. The molecular formula is C36H37Cl2N3O6S. The van der Waals surface area contributed by atoms with Gasteiger partial charge in [-0.25, -0.2) is 8.42 Å². The molecular weight excluding hydrogens is 673 g/mol. The second kappa shape index (κ2) is 14.9. The van der Waals surface area contributed by atoms with Crippen molar-refractivity contribution >= 4 is 50.7 Å². The molecule has 0 aliphatic carbocycles. The molecule has 4 aromatic rings. The van der Waals surface area contributed by atoms with Crippen LogP contribution in [0.1, 0.15) is 31.9 Å². The molecule has 0 aromatic heterocycles. The fraction of sp³-hybridized carbons (Fsp3) is 0.278. The van der Waals surface area contributed by atoms with E-state index in [0.717, 1.165) is 9.87 Å². The number of carbonyl (C=O) groups excluding carboxylic acids is 2. The van der Waals surface area contributed by atoms with Crippen LogP contribution in [0.25, 0.3) is 0 Å². The summed E-state index contributed by atoms with van der Waals surface area (Å²) in [5.41, 5.74) is 1.01. The third kappa shape index (κ3) is 8.61. The second-order valence-corrected chi connectivity index (χ2v) is 15.0. The maximum atomic E-state index is 14.7. The van der Waals surface area contributed by atoms with Crippen molar-refractivity contribution in [3.63, 3.8) is 0 Å². The van der Waals surface area contributed by atoms with E-state index >= 15 is 0 Å². The van der Waals surface area contributed by atoms with E-state index in [1.54, 1.807) is 54.6 Å². The number of amides is 2. The normalized spacial score (nSPS) is 13.4. The van der Waals surface area contributed by atoms with Crippen molar-refractivity contribution in [2.75, 3.05) is 24.1 Å². The van der Waals surface area contributed by atoms with Gasteiger partial charge in [0.25, 0.3) is 10.0 Å². The van der Waals surface area contributed by atoms with Gasteiger partial charge in [0.2, 0.25) is 11.8 Å². The Hall–Kier alpha value is -4.25. The molecule has 4 aromatic carbocycles. The summed E-state index contributed by atoms with van der Waals surface area (Å²) in [5, 5.41) is 3.63. The van der Waals surface area contributed by atoms with E-state index in [4.69, 9.17) is 32.7 Å². The van der Waals surface area contributed by atoms with Crippen LogP contribution >= 0.6 is 23.2 Å². The molecule has 0 radical (unpaired) electrons. The summed E-state index contributed by atoms with van der Waals surface area (Å²) in [4.78, 5) is 30.1. The predicted octanol–water partition coefficient (Wildman–Crippen LogP) is 6.51. The van der Waals surface area contributed by atoms with E-state index in [1.807, 2.05) is 51.1 Å². The molecule has 2 amide bonds. The maximum Gasteiger partial charge on any atom is 0.264 e. The first kappa shape index (κ1) is 35.1. The number of nitrogens with one attached hydrogen (secondary N) is 1. The van der Waals surface area contributed by atoms with Gasteiger partial charge in [0.15, 0.2) is 11.5 Å². The summed E-state index contributed by atoms with van der Waals surface area (Å²) in [6, 6.07) is 25.9. The quantitative estimate of drug-likeness (QED) is 0.190. The minimum absolute atomic E-state index is 0.00460. The first-order valence-corrected chi connectivity index (χ1v) is 17.6. The lowest BCUT2D eigenvalue weighted by atomic mass is 10.0. The third-order valence-electron chi connectivity index (χ3n) is 7.53. The molecule has 12 heteroatoms. The summed E-state index contributed by atoms with van der Waals surface area (Å²) in [7, 11) is -4.28. The summed E-state index contributed by atoms with van der Waals surface area (Å²) in [6.07, 6.45) is 0.172. The zero-order valence-electron chi connectivity index (χ0n) is 26.9. The van der Waals surface area contributed by atoms with E-state index in [9.17, 15) is 18.0 Å². The van der Waals surface area contributed by atoms with Gasteiger partial charge in [0.1, 0.15) is 25.8 Å². The van der Waals surface area contributed by atoms with Crippen molar-refractivity contribution in [2.45, 2.75) is 50.2 Å². The van der Waals surface area contributed by atoms with Gasteiger partial charge in [-0.3, -0.25) is 13.9 Å². The molecule has 5 rings (SSSR count). The van der Waals surface area contributed by atoms with Crippen LogP contribution in [0.5, 0.6) is 11.5 Å². The van der Waals surface area contributed by atoms with Crippen molar-refractivity contribution in [3.05, 3.63) is 118 Å². The molecule has 0 saturated heterocycles. The number of ether oxygens (including phenoxy) is 2. The van der Waals surface area contributed by atoms with Crippen LogP contribution in [0, 0.1) is 0 Å². The summed E-state index contributed by atoms with van der Waals surface area (Å²) >= 11 is 12.6. The largest absolute Gasteiger partial charge is 0.486 e. The van der Waals surface area contributed by atoms with Gasteiger partial charge in [-0.1, -0.05) is 77.8 Å². The van der Waals surface area contributed by atoms with E-state index in [0.29, 0.717) is 35.3 Å². The molecule has 0 bridgehead atoms. The lowest BCUT2D eigenvalue weighted by Gasteiger charge is -2.35. The Balaban J connectivity index is 1.61. The van der Waals surface area contributed by atoms with Crippen LogP contribution in [-0.2, 0) is 32.6 Å². The Bertz CT molecular complexity index is 1870. The number of halogens is 2. The average Bonchev–Trinajstić information content (AvgIpc) is 3.06. The number of benzene rings is 4. The number of hydrogen-bond acceptors (Lipinski definition) is 6. The minimum Gasteiger partial charge on any atom is -0.486 e. The molecule has 1 N–H and O–H groups in total. The lowest BCUT2D eigenvalue weighted by molar-refractivity contribution is -0.140. The van der Waals surface area contributed by atoms with Crippen molar-refractivity contribution < 1.29 is 27.5 Å². The first-order chi connectivity index (χ1) is 22.8. The highest BCUT2D eigenvalue weighted by atomic mass is 35.5. The highest BCUT2D eigenvalue weighted by molar-refractivity contribution is 7.92. The summed E-state index contributed by atoms with van der Waals surface area (Å²) in [5.74, 6) is -0.174. The smallest absolute Gasteiger partial charge is 0.264 e. The van der Waals surface area contributed by atoms with E-state index < -0.39 is 40.0 Å². The van der Waals surface area contributed by atoms with Crippen molar-refractivity contribution in [1.29, 1.82) is 0 Å². The van der Waals surface area contributed by atoms with Gasteiger partial charge in [0.05, 0.1) is 20.6 Å². The Morgan fingerprint density at radius 3 is 2.10 bits per heavy atom. The van der Waals surface area contributed by atoms with Crippen LogP contribution in [0.3, 0.4) is 0 Å². The number of carbonyl (C=O) groups is 2. The molecule has 0 fully saturated rings. The third-order valence-corrected chi connectivity index (χ3v) is 10.1. The van der Waals surface area contributed by atoms with Crippen LogP contribution < -0.4 is 19.1 Å². The number of fused-ring (bicyclic) bond motifs is 1. The fourth-order valence-electron chi connectivity index (χ4n) is 5.28. The minimum atomic E-state index is -4.28. The molecule has 1 heterocycles. The van der Waals surface area contributed by atoms with Crippen LogP contribution in [0.15, 0.2) is 102 Å². The standard InChI is InChI=1S/C36H37Cl2N3O6S/c1-36(2,3)39-35(43)31(21-25-10-6-4-7-11-25)40(23-26-14-16-29(37)30(38)20-26)34(42)24-41(48(44,45)28-12-8-5-9-13-28)27-15-17-32-33(22-27)47-19-18-46-32/h4-17,20,22,31H,18-19,21,23-24H2,1-3H3,(H,39,43)/t31-/m1/s1. The van der Waals surface area contributed by atoms with Gasteiger partial charge in [-0.05, 0) is 68.3 Å². The molecule has 1 aliphatic rings. The molecule has 252 valence electrons. The van der Waals surface area contributed by atoms with Crippen LogP contribution in [0.4, 0.5) is 5.69 Å². The van der Waals surface area contributed by atoms with Crippen LogP contribution in [0.2, 0.25) is 10.0 Å². The highest BCUT2D eigenvalue weighted by Crippen LogP contribution is 2.36. The number of sulfonamides is 1. The SMILES string of the molecule is CC(C)(C)NC(=O)[C@@H](Cc1ccccc1)N(Cc1ccc(Cl)c(Cl)c1)C(=O)CN(c1ccc2c(c1)OCCO2)S(=O)(=O)c1ccccc1. The number of anilines is 1. The van der Waals surface area contributed by atoms with Gasteiger partial charge < -0.3 is 19.7 Å². The first-order valence-electron chi connectivity index (χ1n) is 15.4. The number of nitrogens with zero attached hydrogens (tertiary/aromatic N) is 2. The van der Waals surface area contributed by atoms with Crippen LogP contribution in [-0.4, -0.2) is 56.5 Å². The topological polar surface area (TPSA) is 105 Å². The Morgan fingerprint density at radius 1 is 0.812 bits per heavy atom. The average molecular weight is 711 g/mol. The van der Waals surface area contributed by atoms with Gasteiger partial charge >= 0.3 is 0 Å². The lowest BCUT2D eigenvalue weighted by Crippen LogP contribution is -2.56. The molecule has 0 spiro atoms. The van der Waals surface area contributed by atoms with E-state index in [1.165, 1.54) is 17.0 Å². The Labute approximate surface area is 291 Å². The highest BCUT2D eigenvalue weighted by Gasteiger charge is 2.36. The van der Waals surface area contributed by atoms with Gasteiger partial charge in [0, 0.05) is 24.6 Å². The van der Waals surface area contributed by atoms with E-state index in [2.05, 4.69) is 5.32 Å². The Kier molecular flexibility index (Phi) is 10.9. The Morgan fingerprint density at radius 2 is 1.46 bits per heavy atom. The maximum absolute atomic E-state index is 14.7. The summed E-state index contributed by atoms with van der Waals surface area (Å²) in [6.45, 7) is 5.54. The number of rotatable bonds is 11. The molecule has 0 unspecified atom stereocenters. The molecule has 9 nitrogen and oxygen atoms in total. The zero-order valence-corrected chi connectivity index (χ0v) is 29.2. The van der Waals surface area contributed by atoms with Crippen molar-refractivity contribution in [3.8, 4) is 11.5 Å². The number of hydrogen-bond donors (Lipinski definition) is 1. The summed E-state index contributed by atoms with van der Waals surface area (Å²) < 4.78 is 40.9. The second-order valence-electron chi connectivity index (χ2n) is 12.4.